The van der Waals surface area contributed by atoms with Gasteiger partial charge in [0.2, 0.25) is 0 Å². The van der Waals surface area contributed by atoms with Gasteiger partial charge in [-0.2, -0.15) is 5.26 Å². The molecule has 2 aromatic rings. The second kappa shape index (κ2) is 6.38. The Morgan fingerprint density at radius 3 is 2.64 bits per heavy atom. The molecule has 0 aliphatic carbocycles. The van der Waals surface area contributed by atoms with Crippen LogP contribution < -0.4 is 9.64 Å². The molecule has 2 saturated heterocycles. The summed E-state index contributed by atoms with van der Waals surface area (Å²) in [6.45, 7) is 3.08. The Labute approximate surface area is 148 Å². The maximum atomic E-state index is 9.09. The highest BCUT2D eigenvalue weighted by atomic mass is 16.5. The number of ether oxygens (including phenoxy) is 1. The number of hydrogen-bond acceptors (Lipinski definition) is 5. The topological polar surface area (TPSA) is 52.4 Å². The van der Waals surface area contributed by atoms with Crippen LogP contribution in [-0.4, -0.2) is 43.7 Å². The van der Waals surface area contributed by atoms with E-state index in [2.05, 4.69) is 40.0 Å². The molecule has 5 heteroatoms. The quantitative estimate of drug-likeness (QED) is 0.864. The van der Waals surface area contributed by atoms with Crippen molar-refractivity contribution in [3.05, 3.63) is 53.7 Å². The number of likely N-dealkylation sites (tertiary alicyclic amines) is 1. The summed E-state index contributed by atoms with van der Waals surface area (Å²) in [4.78, 5) is 9.27. The number of pyridine rings is 1. The van der Waals surface area contributed by atoms with Crippen LogP contribution in [0.3, 0.4) is 0 Å². The molecule has 0 spiro atoms. The van der Waals surface area contributed by atoms with Gasteiger partial charge in [-0.15, -0.1) is 0 Å². The average molecular weight is 334 g/mol. The first-order chi connectivity index (χ1) is 12.2. The van der Waals surface area contributed by atoms with Crippen molar-refractivity contribution in [2.24, 2.45) is 11.8 Å². The van der Waals surface area contributed by atoms with Crippen molar-refractivity contribution in [2.75, 3.05) is 38.7 Å². The van der Waals surface area contributed by atoms with Crippen molar-refractivity contribution in [1.82, 2.24) is 9.88 Å². The van der Waals surface area contributed by atoms with Crippen molar-refractivity contribution < 1.29 is 4.74 Å². The van der Waals surface area contributed by atoms with E-state index in [4.69, 9.17) is 10.00 Å². The maximum absolute atomic E-state index is 9.09. The monoisotopic (exact) mass is 334 g/mol. The molecule has 0 radical (unpaired) electrons. The van der Waals surface area contributed by atoms with E-state index in [-0.39, 0.29) is 0 Å². The lowest BCUT2D eigenvalue weighted by molar-refractivity contribution is 0.279. The molecule has 4 rings (SSSR count). The van der Waals surface area contributed by atoms with Crippen LogP contribution in [0.2, 0.25) is 0 Å². The van der Waals surface area contributed by atoms with Gasteiger partial charge in [0, 0.05) is 31.6 Å². The second-order valence-corrected chi connectivity index (χ2v) is 6.98. The normalized spacial score (nSPS) is 25.6. The molecule has 0 bridgehead atoms. The summed E-state index contributed by atoms with van der Waals surface area (Å²) in [7, 11) is 3.91. The van der Waals surface area contributed by atoms with Crippen molar-refractivity contribution >= 4 is 5.82 Å². The lowest BCUT2D eigenvalue weighted by Gasteiger charge is -2.27. The second-order valence-electron chi connectivity index (χ2n) is 6.98. The highest BCUT2D eigenvalue weighted by molar-refractivity contribution is 5.44. The van der Waals surface area contributed by atoms with Crippen LogP contribution in [0.25, 0.3) is 0 Å². The minimum Gasteiger partial charge on any atom is -0.497 e. The zero-order valence-electron chi connectivity index (χ0n) is 14.6. The average Bonchev–Trinajstić information content (AvgIpc) is 3.18. The summed E-state index contributed by atoms with van der Waals surface area (Å²) in [6.07, 6.45) is 0. The molecule has 0 unspecified atom stereocenters. The molecule has 2 aliphatic heterocycles. The Kier molecular flexibility index (Phi) is 4.06. The molecule has 5 nitrogen and oxygen atoms in total. The van der Waals surface area contributed by atoms with Gasteiger partial charge < -0.3 is 9.64 Å². The van der Waals surface area contributed by atoms with Gasteiger partial charge >= 0.3 is 0 Å². The number of nitriles is 1. The number of anilines is 1. The lowest BCUT2D eigenvalue weighted by Crippen LogP contribution is -2.29. The molecule has 0 amide bonds. The Bertz CT molecular complexity index is 798. The molecule has 1 aromatic carbocycles. The highest BCUT2D eigenvalue weighted by Crippen LogP contribution is 2.45. The predicted molar refractivity (Wildman–Crippen MR) is 96.5 cm³/mol. The van der Waals surface area contributed by atoms with Gasteiger partial charge in [0.1, 0.15) is 23.3 Å². The minimum atomic E-state index is 0.417. The van der Waals surface area contributed by atoms with E-state index in [1.807, 2.05) is 24.3 Å². The summed E-state index contributed by atoms with van der Waals surface area (Å²) in [5.41, 5.74) is 1.83. The summed E-state index contributed by atoms with van der Waals surface area (Å²) < 4.78 is 5.29. The molecule has 0 saturated carbocycles. The molecular formula is C20H22N4O. The number of hydrogen-bond donors (Lipinski definition) is 0. The maximum Gasteiger partial charge on any atom is 0.142 e. The predicted octanol–water partition coefficient (Wildman–Crippen LogP) is 2.70. The summed E-state index contributed by atoms with van der Waals surface area (Å²) in [5, 5.41) is 9.09. The Hall–Kier alpha value is -2.58. The molecule has 25 heavy (non-hydrogen) atoms. The first kappa shape index (κ1) is 15.9. The van der Waals surface area contributed by atoms with Gasteiger partial charge in [0.25, 0.3) is 0 Å². The lowest BCUT2D eigenvalue weighted by atomic mass is 9.89. The zero-order valence-corrected chi connectivity index (χ0v) is 14.6. The summed E-state index contributed by atoms with van der Waals surface area (Å²) in [5.74, 6) is 3.02. The Morgan fingerprint density at radius 2 is 1.92 bits per heavy atom. The minimum absolute atomic E-state index is 0.417. The third-order valence-corrected chi connectivity index (χ3v) is 5.52. The standard InChI is InChI=1S/C20H22N4O/c1-23-11-15-12-24(19-5-3-4-16(10-21)22-19)13-18(15)20(23)14-6-8-17(25-2)9-7-14/h3-9,15,18,20H,11-13H2,1-2H3/t15-,18+,20+/m0/s1. The number of aromatic nitrogens is 1. The molecule has 2 fully saturated rings. The van der Waals surface area contributed by atoms with Crippen LogP contribution in [0.1, 0.15) is 17.3 Å². The van der Waals surface area contributed by atoms with Crippen LogP contribution >= 0.6 is 0 Å². The molecule has 3 atom stereocenters. The number of rotatable bonds is 3. The van der Waals surface area contributed by atoms with E-state index >= 15 is 0 Å². The first-order valence-corrected chi connectivity index (χ1v) is 8.66. The van der Waals surface area contributed by atoms with Crippen LogP contribution in [0, 0.1) is 23.2 Å². The fourth-order valence-corrected chi connectivity index (χ4v) is 4.41. The van der Waals surface area contributed by atoms with Crippen LogP contribution in [0.4, 0.5) is 5.82 Å². The Morgan fingerprint density at radius 1 is 1.12 bits per heavy atom. The molecule has 3 heterocycles. The SMILES string of the molecule is COc1ccc([C@@H]2[C@@H]3CN(c4cccc(C#N)n4)C[C@@H]3CN2C)cc1. The highest BCUT2D eigenvalue weighted by Gasteiger charge is 2.46. The number of benzene rings is 1. The van der Waals surface area contributed by atoms with E-state index < -0.39 is 0 Å². The van der Waals surface area contributed by atoms with E-state index in [1.54, 1.807) is 13.2 Å². The molecule has 2 aliphatic rings. The number of fused-ring (bicyclic) bond motifs is 1. The van der Waals surface area contributed by atoms with Crippen molar-refractivity contribution in [2.45, 2.75) is 6.04 Å². The van der Waals surface area contributed by atoms with Crippen molar-refractivity contribution in [1.29, 1.82) is 5.26 Å². The fraction of sp³-hybridized carbons (Fsp3) is 0.400. The van der Waals surface area contributed by atoms with Gasteiger partial charge in [-0.1, -0.05) is 18.2 Å². The van der Waals surface area contributed by atoms with E-state index in [0.29, 0.717) is 23.6 Å². The third-order valence-electron chi connectivity index (χ3n) is 5.52. The van der Waals surface area contributed by atoms with Crippen LogP contribution in [0.5, 0.6) is 5.75 Å². The van der Waals surface area contributed by atoms with Gasteiger partial charge in [0.05, 0.1) is 7.11 Å². The van der Waals surface area contributed by atoms with Gasteiger partial charge in [0.15, 0.2) is 0 Å². The largest absolute Gasteiger partial charge is 0.497 e. The number of methoxy groups -OCH3 is 1. The summed E-state index contributed by atoms with van der Waals surface area (Å²) in [6, 6.07) is 16.7. The van der Waals surface area contributed by atoms with Crippen molar-refractivity contribution in [3.63, 3.8) is 0 Å². The fourth-order valence-electron chi connectivity index (χ4n) is 4.41. The summed E-state index contributed by atoms with van der Waals surface area (Å²) >= 11 is 0. The van der Waals surface area contributed by atoms with E-state index in [1.165, 1.54) is 5.56 Å². The first-order valence-electron chi connectivity index (χ1n) is 8.66. The third kappa shape index (κ3) is 2.83. The number of nitrogens with zero attached hydrogens (tertiary/aromatic N) is 4. The Balaban J connectivity index is 1.57. The van der Waals surface area contributed by atoms with Gasteiger partial charge in [-0.25, -0.2) is 4.98 Å². The molecule has 128 valence electrons. The van der Waals surface area contributed by atoms with Gasteiger partial charge in [-0.3, -0.25) is 4.90 Å². The van der Waals surface area contributed by atoms with Crippen LogP contribution in [0.15, 0.2) is 42.5 Å². The molecule has 0 N–H and O–H groups in total. The smallest absolute Gasteiger partial charge is 0.142 e. The van der Waals surface area contributed by atoms with E-state index in [0.717, 1.165) is 31.2 Å². The molecular weight excluding hydrogens is 312 g/mol. The van der Waals surface area contributed by atoms with Crippen LogP contribution in [-0.2, 0) is 0 Å². The zero-order chi connectivity index (χ0) is 17.4. The molecule has 1 aromatic heterocycles. The van der Waals surface area contributed by atoms with Crippen molar-refractivity contribution in [3.8, 4) is 11.8 Å². The van der Waals surface area contributed by atoms with Gasteiger partial charge in [-0.05, 0) is 42.8 Å². The van der Waals surface area contributed by atoms with E-state index in [9.17, 15) is 0 Å².